The molecule has 1 aromatic rings. The first-order valence-electron chi connectivity index (χ1n) is 5.79. The van der Waals surface area contributed by atoms with Gasteiger partial charge in [-0.05, 0) is 19.4 Å². The van der Waals surface area contributed by atoms with Gasteiger partial charge in [0.15, 0.2) is 0 Å². The van der Waals surface area contributed by atoms with Crippen molar-refractivity contribution in [1.29, 1.82) is 0 Å². The van der Waals surface area contributed by atoms with E-state index < -0.39 is 11.7 Å². The highest BCUT2D eigenvalue weighted by atomic mass is 35.5. The van der Waals surface area contributed by atoms with Crippen LogP contribution in [0.2, 0.25) is 5.15 Å². The fourth-order valence-corrected chi connectivity index (χ4v) is 1.53. The Bertz CT molecular complexity index is 468. The number of nitrogens with zero attached hydrogens (tertiary/aromatic N) is 1. The van der Waals surface area contributed by atoms with Crippen LogP contribution in [0.15, 0.2) is 12.3 Å². The Labute approximate surface area is 115 Å². The van der Waals surface area contributed by atoms with E-state index in [2.05, 4.69) is 10.3 Å². The molecule has 1 heterocycles. The van der Waals surface area contributed by atoms with Gasteiger partial charge in [-0.3, -0.25) is 9.59 Å². The second kappa shape index (κ2) is 7.68. The second-order valence-electron chi connectivity index (χ2n) is 3.66. The largest absolute Gasteiger partial charge is 0.466 e. The van der Waals surface area contributed by atoms with E-state index in [-0.39, 0.29) is 29.7 Å². The van der Waals surface area contributed by atoms with Gasteiger partial charge in [0, 0.05) is 13.0 Å². The van der Waals surface area contributed by atoms with Crippen LogP contribution >= 0.6 is 11.6 Å². The number of aromatic nitrogens is 1. The fraction of sp³-hybridized carbons (Fsp3) is 0.417. The van der Waals surface area contributed by atoms with Crippen LogP contribution in [0.3, 0.4) is 0 Å². The molecule has 1 N–H and O–H groups in total. The van der Waals surface area contributed by atoms with E-state index in [1.807, 2.05) is 0 Å². The number of carbonyl (C=O) groups excluding carboxylic acids is 2. The van der Waals surface area contributed by atoms with Crippen molar-refractivity contribution in [2.45, 2.75) is 19.8 Å². The molecule has 1 aromatic heterocycles. The van der Waals surface area contributed by atoms with Crippen LogP contribution in [-0.2, 0) is 9.53 Å². The molecule has 0 spiro atoms. The number of hydrogen-bond donors (Lipinski definition) is 1. The zero-order valence-corrected chi connectivity index (χ0v) is 11.2. The van der Waals surface area contributed by atoms with Gasteiger partial charge in [-0.1, -0.05) is 11.6 Å². The number of halogens is 2. The second-order valence-corrected chi connectivity index (χ2v) is 4.01. The van der Waals surface area contributed by atoms with Gasteiger partial charge in [-0.2, -0.15) is 0 Å². The summed E-state index contributed by atoms with van der Waals surface area (Å²) in [6.07, 6.45) is 1.58. The van der Waals surface area contributed by atoms with Gasteiger partial charge in [0.05, 0.1) is 18.4 Å². The highest BCUT2D eigenvalue weighted by Crippen LogP contribution is 2.13. The maximum atomic E-state index is 12.9. The first kappa shape index (κ1) is 15.4. The van der Waals surface area contributed by atoms with Gasteiger partial charge in [0.1, 0.15) is 11.0 Å². The lowest BCUT2D eigenvalue weighted by atomic mass is 10.2. The molecule has 0 aliphatic rings. The lowest BCUT2D eigenvalue weighted by molar-refractivity contribution is -0.143. The monoisotopic (exact) mass is 288 g/mol. The predicted octanol–water partition coefficient (Wildman–Crippen LogP) is 1.95. The van der Waals surface area contributed by atoms with Gasteiger partial charge in [-0.15, -0.1) is 0 Å². The Morgan fingerprint density at radius 2 is 2.26 bits per heavy atom. The van der Waals surface area contributed by atoms with Crippen LogP contribution in [0, 0.1) is 5.82 Å². The van der Waals surface area contributed by atoms with Crippen LogP contribution in [-0.4, -0.2) is 30.0 Å². The van der Waals surface area contributed by atoms with Crippen molar-refractivity contribution < 1.29 is 18.7 Å². The van der Waals surface area contributed by atoms with Crippen molar-refractivity contribution in [1.82, 2.24) is 10.3 Å². The Balaban J connectivity index is 2.39. The Morgan fingerprint density at radius 1 is 1.53 bits per heavy atom. The van der Waals surface area contributed by atoms with E-state index in [4.69, 9.17) is 16.3 Å². The summed E-state index contributed by atoms with van der Waals surface area (Å²) in [6, 6.07) is 1.01. The van der Waals surface area contributed by atoms with E-state index in [0.717, 1.165) is 12.3 Å². The normalized spacial score (nSPS) is 10.1. The summed E-state index contributed by atoms with van der Waals surface area (Å²) in [7, 11) is 0. The third-order valence-corrected chi connectivity index (χ3v) is 2.50. The van der Waals surface area contributed by atoms with E-state index in [1.165, 1.54) is 0 Å². The van der Waals surface area contributed by atoms with Gasteiger partial charge < -0.3 is 10.1 Å². The van der Waals surface area contributed by atoms with Crippen LogP contribution < -0.4 is 5.32 Å². The zero-order valence-electron chi connectivity index (χ0n) is 10.4. The maximum Gasteiger partial charge on any atom is 0.305 e. The zero-order chi connectivity index (χ0) is 14.3. The molecule has 0 aromatic carbocycles. The highest BCUT2D eigenvalue weighted by Gasteiger charge is 2.12. The summed E-state index contributed by atoms with van der Waals surface area (Å²) in [4.78, 5) is 26.2. The summed E-state index contributed by atoms with van der Waals surface area (Å²) in [5.74, 6) is -1.48. The summed E-state index contributed by atoms with van der Waals surface area (Å²) in [5, 5.41) is 2.46. The van der Waals surface area contributed by atoms with Crippen LogP contribution in [0.25, 0.3) is 0 Å². The number of hydrogen-bond acceptors (Lipinski definition) is 4. The van der Waals surface area contributed by atoms with Gasteiger partial charge in [0.2, 0.25) is 0 Å². The number of pyridine rings is 1. The van der Waals surface area contributed by atoms with Crippen molar-refractivity contribution in [2.24, 2.45) is 0 Å². The lowest BCUT2D eigenvalue weighted by Gasteiger charge is -2.06. The van der Waals surface area contributed by atoms with Crippen LogP contribution in [0.4, 0.5) is 4.39 Å². The van der Waals surface area contributed by atoms with E-state index in [9.17, 15) is 14.0 Å². The van der Waals surface area contributed by atoms with Crippen molar-refractivity contribution >= 4 is 23.5 Å². The first-order valence-corrected chi connectivity index (χ1v) is 6.17. The molecule has 0 aliphatic heterocycles. The van der Waals surface area contributed by atoms with Gasteiger partial charge in [0.25, 0.3) is 5.91 Å². The Hall–Kier alpha value is -1.69. The molecule has 0 radical (unpaired) electrons. The standard InChI is InChI=1S/C12H14ClFN2O3/c1-2-19-10(17)4-3-5-15-12(18)9-6-8(14)7-16-11(9)13/h6-7H,2-5H2,1H3,(H,15,18). The number of rotatable bonds is 6. The van der Waals surface area contributed by atoms with Crippen molar-refractivity contribution in [3.8, 4) is 0 Å². The average molecular weight is 289 g/mol. The maximum absolute atomic E-state index is 12.9. The molecule has 5 nitrogen and oxygen atoms in total. The summed E-state index contributed by atoms with van der Waals surface area (Å²) in [5.41, 5.74) is -0.0298. The third kappa shape index (κ3) is 5.21. The number of nitrogens with one attached hydrogen (secondary N) is 1. The minimum Gasteiger partial charge on any atom is -0.466 e. The molecule has 7 heteroatoms. The molecular weight excluding hydrogens is 275 g/mol. The summed E-state index contributed by atoms with van der Waals surface area (Å²) < 4.78 is 17.7. The van der Waals surface area contributed by atoms with Crippen molar-refractivity contribution in [3.05, 3.63) is 28.8 Å². The van der Waals surface area contributed by atoms with Crippen molar-refractivity contribution in [2.75, 3.05) is 13.2 Å². The smallest absolute Gasteiger partial charge is 0.305 e. The van der Waals surface area contributed by atoms with Gasteiger partial charge in [-0.25, -0.2) is 9.37 Å². The molecule has 0 saturated carbocycles. The molecule has 1 amide bonds. The minimum absolute atomic E-state index is 0.0298. The lowest BCUT2D eigenvalue weighted by Crippen LogP contribution is -2.25. The topological polar surface area (TPSA) is 68.3 Å². The molecule has 0 fully saturated rings. The minimum atomic E-state index is -0.638. The van der Waals surface area contributed by atoms with Gasteiger partial charge >= 0.3 is 5.97 Å². The van der Waals surface area contributed by atoms with E-state index in [0.29, 0.717) is 13.0 Å². The number of amides is 1. The summed E-state index contributed by atoms with van der Waals surface area (Å²) >= 11 is 5.68. The molecule has 0 aliphatic carbocycles. The quantitative estimate of drug-likeness (QED) is 0.493. The average Bonchev–Trinajstić information content (AvgIpc) is 2.37. The third-order valence-electron chi connectivity index (χ3n) is 2.20. The Morgan fingerprint density at radius 3 is 2.95 bits per heavy atom. The van der Waals surface area contributed by atoms with E-state index >= 15 is 0 Å². The van der Waals surface area contributed by atoms with Crippen LogP contribution in [0.5, 0.6) is 0 Å². The first-order chi connectivity index (χ1) is 9.04. The molecule has 104 valence electrons. The van der Waals surface area contributed by atoms with Crippen molar-refractivity contribution in [3.63, 3.8) is 0 Å². The number of carbonyl (C=O) groups is 2. The predicted molar refractivity (Wildman–Crippen MR) is 67.4 cm³/mol. The number of esters is 1. The molecule has 0 bridgehead atoms. The highest BCUT2D eigenvalue weighted by molar-refractivity contribution is 6.32. The molecule has 1 rings (SSSR count). The Kier molecular flexibility index (Phi) is 6.21. The fourth-order valence-electron chi connectivity index (χ4n) is 1.34. The molecule has 0 unspecified atom stereocenters. The summed E-state index contributed by atoms with van der Waals surface area (Å²) in [6.45, 7) is 2.32. The number of ether oxygens (including phenoxy) is 1. The SMILES string of the molecule is CCOC(=O)CCCNC(=O)c1cc(F)cnc1Cl. The molecule has 0 atom stereocenters. The van der Waals surface area contributed by atoms with Crippen LogP contribution in [0.1, 0.15) is 30.1 Å². The molecular formula is C12H14ClFN2O3. The van der Waals surface area contributed by atoms with E-state index in [1.54, 1.807) is 6.92 Å². The molecule has 19 heavy (non-hydrogen) atoms. The molecule has 0 saturated heterocycles.